The molecule has 0 amide bonds. The molecule has 2 N–H and O–H groups in total. The van der Waals surface area contributed by atoms with Crippen molar-refractivity contribution in [1.82, 2.24) is 19.7 Å². The van der Waals surface area contributed by atoms with E-state index in [2.05, 4.69) is 25.7 Å². The minimum atomic E-state index is -0.472. The lowest BCUT2D eigenvalue weighted by Crippen LogP contribution is -2.08. The second-order valence-corrected chi connectivity index (χ2v) is 3.80. The van der Waals surface area contributed by atoms with Crippen molar-refractivity contribution in [3.05, 3.63) is 30.0 Å². The van der Waals surface area contributed by atoms with E-state index in [1.54, 1.807) is 10.9 Å². The third kappa shape index (κ3) is 2.93. The first-order chi connectivity index (χ1) is 8.69. The van der Waals surface area contributed by atoms with Crippen LogP contribution in [0.1, 0.15) is 12.5 Å². The lowest BCUT2D eigenvalue weighted by Gasteiger charge is -2.07. The average Bonchev–Trinajstić information content (AvgIpc) is 2.76. The second-order valence-electron chi connectivity index (χ2n) is 3.80. The molecule has 0 aliphatic carbocycles. The van der Waals surface area contributed by atoms with Gasteiger partial charge in [0.1, 0.15) is 0 Å². The van der Waals surface area contributed by atoms with E-state index < -0.39 is 5.82 Å². The molecule has 2 aromatic rings. The Morgan fingerprint density at radius 3 is 2.83 bits per heavy atom. The maximum Gasteiger partial charge on any atom is 0.224 e. The van der Waals surface area contributed by atoms with E-state index in [0.29, 0.717) is 19.0 Å². The van der Waals surface area contributed by atoms with Crippen LogP contribution in [0.4, 0.5) is 16.2 Å². The Hall–Kier alpha value is -2.18. The Bertz CT molecular complexity index is 524. The molecule has 0 saturated carbocycles. The van der Waals surface area contributed by atoms with E-state index in [1.807, 2.05) is 20.2 Å². The lowest BCUT2D eigenvalue weighted by molar-refractivity contribution is 0.617. The molecule has 96 valence electrons. The summed E-state index contributed by atoms with van der Waals surface area (Å²) in [6.45, 7) is 3.08. The fraction of sp³-hybridized carbons (Fsp3) is 0.364. The largest absolute Gasteiger partial charge is 0.363 e. The smallest absolute Gasteiger partial charge is 0.224 e. The summed E-state index contributed by atoms with van der Waals surface area (Å²) in [4.78, 5) is 7.88. The standard InChI is InChI=1S/C11H15FN6/c1-3-13-11-15-6-9(12)10(17-11)14-4-8-5-16-18(2)7-8/h5-7H,3-4H2,1-2H3,(H2,13,14,15,17). The van der Waals surface area contributed by atoms with Crippen LogP contribution in [-0.2, 0) is 13.6 Å². The van der Waals surface area contributed by atoms with Crippen LogP contribution in [0.25, 0.3) is 0 Å². The Morgan fingerprint density at radius 2 is 2.17 bits per heavy atom. The molecule has 2 aromatic heterocycles. The minimum absolute atomic E-state index is 0.185. The highest BCUT2D eigenvalue weighted by atomic mass is 19.1. The predicted octanol–water partition coefficient (Wildman–Crippen LogP) is 1.39. The molecule has 7 heteroatoms. The van der Waals surface area contributed by atoms with Crippen molar-refractivity contribution < 1.29 is 4.39 Å². The van der Waals surface area contributed by atoms with E-state index >= 15 is 0 Å². The Balaban J connectivity index is 2.05. The quantitative estimate of drug-likeness (QED) is 0.839. The Kier molecular flexibility index (Phi) is 3.71. The van der Waals surface area contributed by atoms with E-state index in [0.717, 1.165) is 11.8 Å². The van der Waals surface area contributed by atoms with Crippen LogP contribution in [-0.4, -0.2) is 26.3 Å². The summed E-state index contributed by atoms with van der Waals surface area (Å²) in [5, 5.41) is 9.89. The Morgan fingerprint density at radius 1 is 1.33 bits per heavy atom. The summed E-state index contributed by atoms with van der Waals surface area (Å²) in [5.74, 6) is 0.123. The SMILES string of the molecule is CCNc1ncc(F)c(NCc2cnn(C)c2)n1. The number of halogens is 1. The van der Waals surface area contributed by atoms with Gasteiger partial charge in [-0.1, -0.05) is 0 Å². The third-order valence-electron chi connectivity index (χ3n) is 2.30. The maximum absolute atomic E-state index is 13.5. The first-order valence-corrected chi connectivity index (χ1v) is 5.67. The Labute approximate surface area is 104 Å². The van der Waals surface area contributed by atoms with Gasteiger partial charge < -0.3 is 10.6 Å². The van der Waals surface area contributed by atoms with Crippen LogP contribution in [0.15, 0.2) is 18.6 Å². The molecule has 0 bridgehead atoms. The molecule has 0 aliphatic heterocycles. The summed E-state index contributed by atoms with van der Waals surface area (Å²) in [6, 6.07) is 0. The lowest BCUT2D eigenvalue weighted by atomic mass is 10.3. The van der Waals surface area contributed by atoms with Gasteiger partial charge in [0, 0.05) is 31.9 Å². The summed E-state index contributed by atoms with van der Waals surface area (Å²) in [7, 11) is 1.83. The third-order valence-corrected chi connectivity index (χ3v) is 2.30. The number of aryl methyl sites for hydroxylation is 1. The number of rotatable bonds is 5. The summed E-state index contributed by atoms with van der Waals surface area (Å²) in [5.41, 5.74) is 0.959. The van der Waals surface area contributed by atoms with Crippen molar-refractivity contribution >= 4 is 11.8 Å². The molecule has 0 radical (unpaired) electrons. The van der Waals surface area contributed by atoms with Crippen LogP contribution in [0.2, 0.25) is 0 Å². The molecule has 18 heavy (non-hydrogen) atoms. The molecule has 2 rings (SSSR count). The van der Waals surface area contributed by atoms with Gasteiger partial charge in [-0.25, -0.2) is 9.37 Å². The molecule has 2 heterocycles. The molecule has 0 unspecified atom stereocenters. The van der Waals surface area contributed by atoms with Gasteiger partial charge in [-0.05, 0) is 6.92 Å². The summed E-state index contributed by atoms with van der Waals surface area (Å²) in [6.07, 6.45) is 4.73. The van der Waals surface area contributed by atoms with Crippen molar-refractivity contribution in [1.29, 1.82) is 0 Å². The topological polar surface area (TPSA) is 67.7 Å². The van der Waals surface area contributed by atoms with E-state index in [1.165, 1.54) is 0 Å². The average molecular weight is 250 g/mol. The van der Waals surface area contributed by atoms with Crippen LogP contribution in [0.5, 0.6) is 0 Å². The maximum atomic E-state index is 13.5. The van der Waals surface area contributed by atoms with Gasteiger partial charge in [0.2, 0.25) is 5.95 Å². The molecule has 0 saturated heterocycles. The van der Waals surface area contributed by atoms with Gasteiger partial charge in [-0.3, -0.25) is 4.68 Å². The fourth-order valence-corrected chi connectivity index (χ4v) is 1.48. The zero-order chi connectivity index (χ0) is 13.0. The number of hydrogen-bond acceptors (Lipinski definition) is 5. The van der Waals surface area contributed by atoms with Crippen molar-refractivity contribution in [2.45, 2.75) is 13.5 Å². The van der Waals surface area contributed by atoms with Gasteiger partial charge in [-0.2, -0.15) is 10.1 Å². The van der Waals surface area contributed by atoms with Gasteiger partial charge in [0.05, 0.1) is 12.4 Å². The second kappa shape index (κ2) is 5.44. The number of hydrogen-bond donors (Lipinski definition) is 2. The number of aromatic nitrogens is 4. The molecular weight excluding hydrogens is 235 g/mol. The molecular formula is C11H15FN6. The minimum Gasteiger partial charge on any atom is -0.363 e. The van der Waals surface area contributed by atoms with E-state index in [-0.39, 0.29) is 5.82 Å². The highest BCUT2D eigenvalue weighted by Crippen LogP contribution is 2.12. The number of nitrogens with one attached hydrogen (secondary N) is 2. The molecule has 0 spiro atoms. The van der Waals surface area contributed by atoms with Crippen molar-refractivity contribution in [3.8, 4) is 0 Å². The van der Waals surface area contributed by atoms with Crippen molar-refractivity contribution in [2.24, 2.45) is 7.05 Å². The van der Waals surface area contributed by atoms with Crippen LogP contribution in [0, 0.1) is 5.82 Å². The zero-order valence-corrected chi connectivity index (χ0v) is 10.3. The van der Waals surface area contributed by atoms with Crippen molar-refractivity contribution in [3.63, 3.8) is 0 Å². The van der Waals surface area contributed by atoms with Gasteiger partial charge in [-0.15, -0.1) is 0 Å². The van der Waals surface area contributed by atoms with Crippen molar-refractivity contribution in [2.75, 3.05) is 17.2 Å². The highest BCUT2D eigenvalue weighted by molar-refractivity contribution is 5.41. The van der Waals surface area contributed by atoms with Crippen LogP contribution >= 0.6 is 0 Å². The highest BCUT2D eigenvalue weighted by Gasteiger charge is 2.06. The van der Waals surface area contributed by atoms with E-state index in [4.69, 9.17) is 0 Å². The normalized spacial score (nSPS) is 10.4. The molecule has 0 fully saturated rings. The van der Waals surface area contributed by atoms with Gasteiger partial charge in [0.25, 0.3) is 0 Å². The summed E-state index contributed by atoms with van der Waals surface area (Å²) < 4.78 is 15.2. The number of nitrogens with zero attached hydrogens (tertiary/aromatic N) is 4. The van der Waals surface area contributed by atoms with Gasteiger partial charge in [0.15, 0.2) is 11.6 Å². The molecule has 0 aliphatic rings. The zero-order valence-electron chi connectivity index (χ0n) is 10.3. The fourth-order valence-electron chi connectivity index (χ4n) is 1.48. The van der Waals surface area contributed by atoms with Crippen LogP contribution < -0.4 is 10.6 Å². The molecule has 6 nitrogen and oxygen atoms in total. The number of anilines is 2. The first-order valence-electron chi connectivity index (χ1n) is 5.67. The predicted molar refractivity (Wildman–Crippen MR) is 66.7 cm³/mol. The van der Waals surface area contributed by atoms with Gasteiger partial charge >= 0.3 is 0 Å². The molecule has 0 atom stereocenters. The van der Waals surface area contributed by atoms with Crippen LogP contribution in [0.3, 0.4) is 0 Å². The summed E-state index contributed by atoms with van der Waals surface area (Å²) >= 11 is 0. The van der Waals surface area contributed by atoms with E-state index in [9.17, 15) is 4.39 Å². The molecule has 0 aromatic carbocycles. The monoisotopic (exact) mass is 250 g/mol. The first kappa shape index (κ1) is 12.3.